The Morgan fingerprint density at radius 2 is 1.46 bits per heavy atom. The molecule has 4 rings (SSSR count). The Morgan fingerprint density at radius 3 is 1.94 bits per heavy atom. The highest BCUT2D eigenvalue weighted by molar-refractivity contribution is 5.91. The lowest BCUT2D eigenvalue weighted by Crippen LogP contribution is -2.54. The van der Waals surface area contributed by atoms with Gasteiger partial charge in [0.1, 0.15) is 24.2 Å². The molecular formula is C28H34O7. The minimum atomic E-state index is -0.928. The van der Waals surface area contributed by atoms with Gasteiger partial charge in [-0.05, 0) is 30.9 Å². The lowest BCUT2D eigenvalue weighted by atomic mass is 9.83. The third kappa shape index (κ3) is 5.27. The Labute approximate surface area is 206 Å². The lowest BCUT2D eigenvalue weighted by Gasteiger charge is -2.38. The van der Waals surface area contributed by atoms with E-state index in [-0.39, 0.29) is 11.9 Å². The van der Waals surface area contributed by atoms with Crippen LogP contribution in [-0.4, -0.2) is 43.1 Å². The van der Waals surface area contributed by atoms with Crippen LogP contribution in [0.15, 0.2) is 60.7 Å². The fraction of sp³-hybridized carbons (Fsp3) is 0.500. The standard InChI is InChI=1S/C28H34O7/c1-6-17(2)20-23(33-26(20)29)27(30)32-22(19-15-11-8-12-16-19)25-24(34-28(3,4)35-25)21(31-5)18-13-9-7-10-14-18/h7-17,20-25H,6H2,1-5H3/t17-,20-,21+,22+,23+,24-,25-/m0/s1. The number of hydrogen-bond acceptors (Lipinski definition) is 7. The van der Waals surface area contributed by atoms with E-state index in [4.69, 9.17) is 23.7 Å². The summed E-state index contributed by atoms with van der Waals surface area (Å²) in [5.74, 6) is -2.36. The van der Waals surface area contributed by atoms with Crippen molar-refractivity contribution in [2.24, 2.45) is 11.8 Å². The van der Waals surface area contributed by atoms with Crippen molar-refractivity contribution in [3.05, 3.63) is 71.8 Å². The molecule has 2 aromatic rings. The molecule has 7 nitrogen and oxygen atoms in total. The van der Waals surface area contributed by atoms with Crippen LogP contribution < -0.4 is 0 Å². The summed E-state index contributed by atoms with van der Waals surface area (Å²) in [5, 5.41) is 0. The van der Waals surface area contributed by atoms with E-state index in [0.29, 0.717) is 0 Å². The van der Waals surface area contributed by atoms with Crippen molar-refractivity contribution in [3.63, 3.8) is 0 Å². The Kier molecular flexibility index (Phi) is 7.59. The number of ether oxygens (including phenoxy) is 5. The van der Waals surface area contributed by atoms with Crippen LogP contribution >= 0.6 is 0 Å². The summed E-state index contributed by atoms with van der Waals surface area (Å²) in [6.07, 6.45) is -2.65. The maximum atomic E-state index is 13.3. The molecule has 2 fully saturated rings. The molecule has 7 atom stereocenters. The number of carbonyl (C=O) groups excluding carboxylic acids is 2. The monoisotopic (exact) mass is 482 g/mol. The Balaban J connectivity index is 1.66. The second-order valence-electron chi connectivity index (χ2n) is 9.67. The van der Waals surface area contributed by atoms with Crippen molar-refractivity contribution < 1.29 is 33.3 Å². The largest absolute Gasteiger partial charge is 0.452 e. The van der Waals surface area contributed by atoms with Gasteiger partial charge in [0, 0.05) is 7.11 Å². The first-order chi connectivity index (χ1) is 16.8. The number of hydrogen-bond donors (Lipinski definition) is 0. The second kappa shape index (κ2) is 10.5. The van der Waals surface area contributed by atoms with E-state index in [2.05, 4.69) is 0 Å². The van der Waals surface area contributed by atoms with Gasteiger partial charge in [-0.2, -0.15) is 0 Å². The Hall–Kier alpha value is -2.74. The van der Waals surface area contributed by atoms with E-state index < -0.39 is 48.2 Å². The topological polar surface area (TPSA) is 80.3 Å². The van der Waals surface area contributed by atoms with Crippen LogP contribution in [-0.2, 0) is 33.3 Å². The Bertz CT molecular complexity index is 1010. The zero-order valence-corrected chi connectivity index (χ0v) is 20.9. The highest BCUT2D eigenvalue weighted by Crippen LogP contribution is 2.44. The fourth-order valence-corrected chi connectivity index (χ4v) is 4.86. The summed E-state index contributed by atoms with van der Waals surface area (Å²) in [6, 6.07) is 19.2. The Morgan fingerprint density at radius 1 is 0.943 bits per heavy atom. The van der Waals surface area contributed by atoms with Crippen molar-refractivity contribution in [2.45, 2.75) is 70.4 Å². The van der Waals surface area contributed by atoms with E-state index in [1.54, 1.807) is 7.11 Å². The van der Waals surface area contributed by atoms with Crippen LogP contribution in [0.2, 0.25) is 0 Å². The van der Waals surface area contributed by atoms with Crippen molar-refractivity contribution >= 4 is 11.9 Å². The smallest absolute Gasteiger partial charge is 0.349 e. The molecule has 0 aliphatic carbocycles. The van der Waals surface area contributed by atoms with E-state index in [9.17, 15) is 9.59 Å². The number of cyclic esters (lactones) is 1. The molecular weight excluding hydrogens is 448 g/mol. The third-order valence-corrected chi connectivity index (χ3v) is 6.84. The van der Waals surface area contributed by atoms with Crippen LogP contribution in [0.5, 0.6) is 0 Å². The number of rotatable bonds is 9. The van der Waals surface area contributed by atoms with Crippen molar-refractivity contribution in [3.8, 4) is 0 Å². The zero-order valence-electron chi connectivity index (χ0n) is 20.9. The predicted molar refractivity (Wildman–Crippen MR) is 128 cm³/mol. The molecule has 0 N–H and O–H groups in total. The van der Waals surface area contributed by atoms with Crippen LogP contribution in [0.25, 0.3) is 0 Å². The third-order valence-electron chi connectivity index (χ3n) is 6.84. The first-order valence-corrected chi connectivity index (χ1v) is 12.1. The van der Waals surface area contributed by atoms with E-state index in [0.717, 1.165) is 17.5 Å². The number of esters is 2. The summed E-state index contributed by atoms with van der Waals surface area (Å²) in [4.78, 5) is 25.4. The van der Waals surface area contributed by atoms with Crippen molar-refractivity contribution in [2.75, 3.05) is 7.11 Å². The molecule has 2 aliphatic heterocycles. The molecule has 7 heteroatoms. The van der Waals surface area contributed by atoms with Gasteiger partial charge in [-0.3, -0.25) is 4.79 Å². The minimum absolute atomic E-state index is 0.0117. The first kappa shape index (κ1) is 25.4. The molecule has 0 amide bonds. The van der Waals surface area contributed by atoms with Gasteiger partial charge < -0.3 is 23.7 Å². The molecule has 2 aromatic carbocycles. The predicted octanol–water partition coefficient (Wildman–Crippen LogP) is 4.77. The van der Waals surface area contributed by atoms with E-state index in [1.807, 2.05) is 88.4 Å². The molecule has 0 bridgehead atoms. The van der Waals surface area contributed by atoms with Crippen molar-refractivity contribution in [1.29, 1.82) is 0 Å². The molecule has 0 aromatic heterocycles. The van der Waals surface area contributed by atoms with Gasteiger partial charge in [0.05, 0.1) is 0 Å². The highest BCUT2D eigenvalue weighted by atomic mass is 16.8. The maximum Gasteiger partial charge on any atom is 0.349 e. The normalized spacial score (nSPS) is 27.9. The fourth-order valence-electron chi connectivity index (χ4n) is 4.86. The molecule has 2 aliphatic rings. The number of methoxy groups -OCH3 is 1. The molecule has 0 saturated carbocycles. The summed E-state index contributed by atoms with van der Waals surface area (Å²) < 4.78 is 29.9. The van der Waals surface area contributed by atoms with Gasteiger partial charge in [0.2, 0.25) is 6.10 Å². The van der Waals surface area contributed by atoms with Crippen LogP contribution in [0.1, 0.15) is 57.5 Å². The molecule has 0 spiro atoms. The lowest BCUT2D eigenvalue weighted by molar-refractivity contribution is -0.210. The van der Waals surface area contributed by atoms with E-state index >= 15 is 0 Å². The van der Waals surface area contributed by atoms with Gasteiger partial charge in [0.15, 0.2) is 11.9 Å². The zero-order chi connectivity index (χ0) is 25.2. The minimum Gasteiger partial charge on any atom is -0.452 e. The maximum absolute atomic E-state index is 13.3. The van der Waals surface area contributed by atoms with Gasteiger partial charge in [-0.25, -0.2) is 4.79 Å². The molecule has 0 radical (unpaired) electrons. The summed E-state index contributed by atoms with van der Waals surface area (Å²) in [6.45, 7) is 7.58. The van der Waals surface area contributed by atoms with Gasteiger partial charge >= 0.3 is 11.9 Å². The molecule has 35 heavy (non-hydrogen) atoms. The van der Waals surface area contributed by atoms with Gasteiger partial charge in [0.25, 0.3) is 0 Å². The van der Waals surface area contributed by atoms with Crippen LogP contribution in [0.4, 0.5) is 0 Å². The first-order valence-electron chi connectivity index (χ1n) is 12.1. The summed E-state index contributed by atoms with van der Waals surface area (Å²) in [5.41, 5.74) is 1.68. The van der Waals surface area contributed by atoms with Crippen LogP contribution in [0, 0.1) is 11.8 Å². The number of benzene rings is 2. The summed E-state index contributed by atoms with van der Waals surface area (Å²) in [7, 11) is 1.62. The molecule has 2 saturated heterocycles. The quantitative estimate of drug-likeness (QED) is 0.477. The molecule has 0 unspecified atom stereocenters. The van der Waals surface area contributed by atoms with Crippen molar-refractivity contribution in [1.82, 2.24) is 0 Å². The number of carbonyl (C=O) groups is 2. The molecule has 2 heterocycles. The van der Waals surface area contributed by atoms with E-state index in [1.165, 1.54) is 0 Å². The SMILES string of the molecule is CC[C@H](C)[C@@H]1C(=O)O[C@H]1C(=O)O[C@H](c1ccccc1)[C@@H]1OC(C)(C)O[C@H]1[C@H](OC)c1ccccc1. The average Bonchev–Trinajstić information content (AvgIpc) is 3.16. The molecule has 188 valence electrons. The van der Waals surface area contributed by atoms with Gasteiger partial charge in [-0.15, -0.1) is 0 Å². The average molecular weight is 483 g/mol. The van der Waals surface area contributed by atoms with Crippen LogP contribution in [0.3, 0.4) is 0 Å². The van der Waals surface area contributed by atoms with Gasteiger partial charge in [-0.1, -0.05) is 80.9 Å². The highest BCUT2D eigenvalue weighted by Gasteiger charge is 2.54. The second-order valence-corrected chi connectivity index (χ2v) is 9.67. The summed E-state index contributed by atoms with van der Waals surface area (Å²) >= 11 is 0.